The summed E-state index contributed by atoms with van der Waals surface area (Å²) < 4.78 is 25.7. The highest BCUT2D eigenvalue weighted by Gasteiger charge is 2.40. The summed E-state index contributed by atoms with van der Waals surface area (Å²) in [4.78, 5) is 12.2. The van der Waals surface area contributed by atoms with Gasteiger partial charge in [-0.25, -0.2) is 8.78 Å². The molecule has 1 rings (SSSR count). The third-order valence-electron chi connectivity index (χ3n) is 2.53. The molecular weight excluding hydrogens is 204 g/mol. The Morgan fingerprint density at radius 2 is 2.13 bits per heavy atom. The van der Waals surface area contributed by atoms with E-state index < -0.39 is 17.3 Å². The second-order valence-corrected chi connectivity index (χ2v) is 5.05. The average molecular weight is 221 g/mol. The summed E-state index contributed by atoms with van der Waals surface area (Å²) in [6.45, 7) is 4.11. The number of carboxylic acid groups (broad SMARTS) is 1. The first kappa shape index (κ1) is 12.4. The van der Waals surface area contributed by atoms with E-state index in [1.165, 1.54) is 0 Å². The quantitative estimate of drug-likeness (QED) is 0.787. The van der Waals surface area contributed by atoms with Crippen LogP contribution in [0.4, 0.5) is 8.78 Å². The van der Waals surface area contributed by atoms with Gasteiger partial charge < -0.3 is 5.11 Å². The molecule has 1 fully saturated rings. The summed E-state index contributed by atoms with van der Waals surface area (Å²) in [7, 11) is 0. The third kappa shape index (κ3) is 4.11. The highest BCUT2D eigenvalue weighted by atomic mass is 19.3. The molecular formula is C10H17F2NO2. The van der Waals surface area contributed by atoms with Crippen LogP contribution < -0.4 is 0 Å². The monoisotopic (exact) mass is 221 g/mol. The molecule has 0 saturated carbocycles. The van der Waals surface area contributed by atoms with E-state index in [0.29, 0.717) is 13.1 Å². The first-order valence-electron chi connectivity index (χ1n) is 5.02. The molecule has 15 heavy (non-hydrogen) atoms. The van der Waals surface area contributed by atoms with Gasteiger partial charge in [-0.1, -0.05) is 13.8 Å². The minimum absolute atomic E-state index is 0.00900. The zero-order valence-corrected chi connectivity index (χ0v) is 9.09. The molecule has 0 spiro atoms. The van der Waals surface area contributed by atoms with Gasteiger partial charge in [-0.2, -0.15) is 0 Å². The van der Waals surface area contributed by atoms with Crippen molar-refractivity contribution in [2.45, 2.75) is 32.6 Å². The molecule has 1 N–H and O–H groups in total. The largest absolute Gasteiger partial charge is 0.481 e. The Balaban J connectivity index is 2.45. The van der Waals surface area contributed by atoms with Crippen LogP contribution >= 0.6 is 0 Å². The number of aliphatic carboxylic acids is 1. The fraction of sp³-hybridized carbons (Fsp3) is 0.900. The van der Waals surface area contributed by atoms with Gasteiger partial charge in [-0.05, 0) is 5.41 Å². The van der Waals surface area contributed by atoms with Gasteiger partial charge in [0.05, 0.1) is 13.0 Å². The SMILES string of the molecule is CC(C)(CC(=O)O)CN1CCC(F)(F)C1. The molecule has 0 aromatic carbocycles. The van der Waals surface area contributed by atoms with Crippen molar-refractivity contribution in [1.29, 1.82) is 0 Å². The molecule has 1 aliphatic heterocycles. The van der Waals surface area contributed by atoms with Crippen LogP contribution in [0.2, 0.25) is 0 Å². The van der Waals surface area contributed by atoms with Crippen LogP contribution in [0.1, 0.15) is 26.7 Å². The molecule has 0 radical (unpaired) electrons. The molecule has 0 unspecified atom stereocenters. The molecule has 5 heteroatoms. The Bertz CT molecular complexity index is 254. The Morgan fingerprint density at radius 1 is 1.53 bits per heavy atom. The highest BCUT2D eigenvalue weighted by molar-refractivity contribution is 5.67. The number of alkyl halides is 2. The number of carboxylic acids is 1. The fourth-order valence-corrected chi connectivity index (χ4v) is 2.01. The Hall–Kier alpha value is -0.710. The van der Waals surface area contributed by atoms with Gasteiger partial charge in [0.15, 0.2) is 0 Å². The standard InChI is InChI=1S/C10H17F2NO2/c1-9(2,5-8(14)15)6-13-4-3-10(11,12)7-13/h3-7H2,1-2H3,(H,14,15). The number of hydrogen-bond acceptors (Lipinski definition) is 2. The van der Waals surface area contributed by atoms with E-state index in [-0.39, 0.29) is 19.4 Å². The number of carbonyl (C=O) groups is 1. The molecule has 0 aromatic rings. The molecule has 0 bridgehead atoms. The molecule has 88 valence electrons. The predicted molar refractivity (Wildman–Crippen MR) is 52.0 cm³/mol. The summed E-state index contributed by atoms with van der Waals surface area (Å²) in [6, 6.07) is 0. The van der Waals surface area contributed by atoms with E-state index in [1.807, 2.05) is 0 Å². The number of hydrogen-bond donors (Lipinski definition) is 1. The van der Waals surface area contributed by atoms with Crippen molar-refractivity contribution in [3.05, 3.63) is 0 Å². The molecule has 0 aliphatic carbocycles. The van der Waals surface area contributed by atoms with E-state index in [9.17, 15) is 13.6 Å². The van der Waals surface area contributed by atoms with E-state index in [1.54, 1.807) is 18.7 Å². The van der Waals surface area contributed by atoms with Crippen molar-refractivity contribution in [2.75, 3.05) is 19.6 Å². The molecule has 0 atom stereocenters. The van der Waals surface area contributed by atoms with E-state index in [4.69, 9.17) is 5.11 Å². The molecule has 0 amide bonds. The van der Waals surface area contributed by atoms with Crippen LogP contribution in [0, 0.1) is 5.41 Å². The molecule has 0 aromatic heterocycles. The molecule has 1 aliphatic rings. The zero-order chi connectivity index (χ0) is 11.7. The maximum atomic E-state index is 12.9. The average Bonchev–Trinajstić information content (AvgIpc) is 2.25. The Morgan fingerprint density at radius 3 is 2.53 bits per heavy atom. The number of halogens is 2. The number of likely N-dealkylation sites (tertiary alicyclic amines) is 1. The summed E-state index contributed by atoms with van der Waals surface area (Å²) in [5, 5.41) is 8.66. The van der Waals surface area contributed by atoms with Gasteiger partial charge in [0.2, 0.25) is 0 Å². The highest BCUT2D eigenvalue weighted by Crippen LogP contribution is 2.30. The van der Waals surface area contributed by atoms with Crippen LogP contribution in [0.25, 0.3) is 0 Å². The van der Waals surface area contributed by atoms with Gasteiger partial charge in [-0.15, -0.1) is 0 Å². The molecule has 1 heterocycles. The smallest absolute Gasteiger partial charge is 0.303 e. The zero-order valence-electron chi connectivity index (χ0n) is 9.09. The van der Waals surface area contributed by atoms with Crippen LogP contribution in [0.3, 0.4) is 0 Å². The van der Waals surface area contributed by atoms with E-state index in [0.717, 1.165) is 0 Å². The molecule has 1 saturated heterocycles. The first-order valence-corrected chi connectivity index (χ1v) is 5.02. The van der Waals surface area contributed by atoms with Crippen molar-refractivity contribution < 1.29 is 18.7 Å². The van der Waals surface area contributed by atoms with Crippen molar-refractivity contribution >= 4 is 5.97 Å². The second kappa shape index (κ2) is 4.04. The maximum Gasteiger partial charge on any atom is 0.303 e. The third-order valence-corrected chi connectivity index (χ3v) is 2.53. The predicted octanol–water partition coefficient (Wildman–Crippen LogP) is 1.83. The topological polar surface area (TPSA) is 40.5 Å². The summed E-state index contributed by atoms with van der Waals surface area (Å²) >= 11 is 0. The van der Waals surface area contributed by atoms with Crippen LogP contribution in [0.5, 0.6) is 0 Å². The van der Waals surface area contributed by atoms with Crippen molar-refractivity contribution in [2.24, 2.45) is 5.41 Å². The van der Waals surface area contributed by atoms with Gasteiger partial charge in [0.25, 0.3) is 5.92 Å². The second-order valence-electron chi connectivity index (χ2n) is 5.05. The number of nitrogens with zero attached hydrogens (tertiary/aromatic N) is 1. The fourth-order valence-electron chi connectivity index (χ4n) is 2.01. The van der Waals surface area contributed by atoms with Gasteiger partial charge in [0, 0.05) is 19.5 Å². The van der Waals surface area contributed by atoms with Gasteiger partial charge in [-0.3, -0.25) is 9.69 Å². The van der Waals surface area contributed by atoms with Crippen molar-refractivity contribution in [3.8, 4) is 0 Å². The Labute approximate surface area is 88.1 Å². The lowest BCUT2D eigenvalue weighted by molar-refractivity contribution is -0.139. The summed E-state index contributed by atoms with van der Waals surface area (Å²) in [6.07, 6.45) is -0.106. The lowest BCUT2D eigenvalue weighted by Crippen LogP contribution is -2.35. The van der Waals surface area contributed by atoms with E-state index >= 15 is 0 Å². The minimum atomic E-state index is -2.60. The van der Waals surface area contributed by atoms with Crippen LogP contribution in [-0.4, -0.2) is 41.5 Å². The van der Waals surface area contributed by atoms with Crippen LogP contribution in [-0.2, 0) is 4.79 Å². The summed E-state index contributed by atoms with van der Waals surface area (Å²) in [5.41, 5.74) is -0.452. The van der Waals surface area contributed by atoms with Crippen molar-refractivity contribution in [1.82, 2.24) is 4.90 Å². The molecule has 3 nitrogen and oxygen atoms in total. The van der Waals surface area contributed by atoms with Crippen molar-refractivity contribution in [3.63, 3.8) is 0 Å². The maximum absolute atomic E-state index is 12.9. The lowest BCUT2D eigenvalue weighted by Gasteiger charge is -2.28. The number of rotatable bonds is 4. The minimum Gasteiger partial charge on any atom is -0.481 e. The van der Waals surface area contributed by atoms with Gasteiger partial charge >= 0.3 is 5.97 Å². The van der Waals surface area contributed by atoms with Crippen LogP contribution in [0.15, 0.2) is 0 Å². The normalized spacial score (nSPS) is 21.9. The summed E-state index contributed by atoms with van der Waals surface area (Å²) in [5.74, 6) is -3.48. The van der Waals surface area contributed by atoms with E-state index in [2.05, 4.69) is 0 Å². The van der Waals surface area contributed by atoms with Gasteiger partial charge in [0.1, 0.15) is 0 Å². The Kier molecular flexibility index (Phi) is 3.33. The first-order chi connectivity index (χ1) is 6.70. The lowest BCUT2D eigenvalue weighted by atomic mass is 9.89.